The summed E-state index contributed by atoms with van der Waals surface area (Å²) < 4.78 is 0. The molecule has 9 radical (unpaired) electrons. The molecular weight excluding hydrogens is 204 g/mol. The van der Waals surface area contributed by atoms with E-state index < -0.39 is 13.6 Å². The van der Waals surface area contributed by atoms with E-state index in [0.717, 1.165) is 5.56 Å². The van der Waals surface area contributed by atoms with Gasteiger partial charge in [0.2, 0.25) is 0 Å². The molecule has 9 heteroatoms. The Balaban J connectivity index is 3.71. The molecule has 4 N–H and O–H groups in total. The van der Waals surface area contributed by atoms with Crippen LogP contribution in [0.1, 0.15) is 11.1 Å². The number of rotatable bonds is 3. The van der Waals surface area contributed by atoms with Crippen LogP contribution in [-0.2, 0) is 0 Å². The second-order valence-corrected chi connectivity index (χ2v) is 4.03. The highest BCUT2D eigenvalue weighted by atomic mass is 16.4. The van der Waals surface area contributed by atoms with E-state index in [1.165, 1.54) is 7.17 Å². The molecule has 0 aliphatic heterocycles. The SMILES string of the molecule is [B][B]c1c([B])c(C)c(B([OH2+])[OH2+])c(B([B])[B])c1C. The zero-order valence-electron chi connectivity index (χ0n) is 10.0. The maximum absolute atomic E-state index is 7.57. The molecule has 0 spiro atoms. The van der Waals surface area contributed by atoms with E-state index in [-0.39, 0.29) is 0 Å². The first-order valence-corrected chi connectivity index (χ1v) is 5.23. The summed E-state index contributed by atoms with van der Waals surface area (Å²) in [4.78, 5) is 0. The Morgan fingerprint density at radius 2 is 1.59 bits per heavy atom. The average Bonchev–Trinajstić information content (AvgIpc) is 2.22. The van der Waals surface area contributed by atoms with Crippen LogP contribution in [0, 0.1) is 13.8 Å². The van der Waals surface area contributed by atoms with Gasteiger partial charge in [-0.15, -0.1) is 10.9 Å². The van der Waals surface area contributed by atoms with Gasteiger partial charge in [-0.1, -0.05) is 11.0 Å². The van der Waals surface area contributed by atoms with Crippen LogP contribution >= 0.6 is 0 Å². The second-order valence-electron chi connectivity index (χ2n) is 4.03. The van der Waals surface area contributed by atoms with Gasteiger partial charge in [0.05, 0.1) is 13.7 Å². The summed E-state index contributed by atoms with van der Waals surface area (Å²) in [5, 5.41) is 15.1. The molecule has 0 amide bonds. The Bertz CT molecular complexity index is 433. The fourth-order valence-corrected chi connectivity index (χ4v) is 2.11. The minimum Gasteiger partial charge on any atom is -0.470 e. The fraction of sp³-hybridized carbons (Fsp3) is 0.250. The lowest BCUT2D eigenvalue weighted by molar-refractivity contribution is 0.426. The molecule has 0 aromatic heterocycles. The van der Waals surface area contributed by atoms with Crippen molar-refractivity contribution in [2.75, 3.05) is 0 Å². The van der Waals surface area contributed by atoms with Crippen LogP contribution in [0.5, 0.6) is 0 Å². The van der Waals surface area contributed by atoms with E-state index >= 15 is 0 Å². The highest BCUT2D eigenvalue weighted by Gasteiger charge is 2.40. The zero-order valence-corrected chi connectivity index (χ0v) is 10.0. The Labute approximate surface area is 109 Å². The molecule has 73 valence electrons. The largest absolute Gasteiger partial charge is 0.947 e. The zero-order chi connectivity index (χ0) is 13.3. The normalized spacial score (nSPS) is 10.1. The molecule has 0 bridgehead atoms. The van der Waals surface area contributed by atoms with E-state index in [1.807, 2.05) is 0 Å². The Morgan fingerprint density at radius 1 is 1.06 bits per heavy atom. The van der Waals surface area contributed by atoms with Gasteiger partial charge in [-0.2, -0.15) is 0 Å². The van der Waals surface area contributed by atoms with Crippen LogP contribution in [0.15, 0.2) is 0 Å². The van der Waals surface area contributed by atoms with Crippen molar-refractivity contribution in [1.82, 2.24) is 0 Å². The topological polar surface area (TPSA) is 45.8 Å². The summed E-state index contributed by atoms with van der Waals surface area (Å²) in [5.41, 5.74) is 3.60. The van der Waals surface area contributed by atoms with Gasteiger partial charge in [0, 0.05) is 23.2 Å². The summed E-state index contributed by atoms with van der Waals surface area (Å²) in [6.45, 7) is 2.79. The molecule has 0 atom stereocenters. The monoisotopic (exact) mass is 215 g/mol. The van der Waals surface area contributed by atoms with E-state index in [4.69, 9.17) is 41.1 Å². The molecule has 0 aliphatic carbocycles. The third-order valence-electron chi connectivity index (χ3n) is 2.99. The maximum atomic E-state index is 7.57. The fourth-order valence-electron chi connectivity index (χ4n) is 2.11. The summed E-state index contributed by atoms with van der Waals surface area (Å²) in [6.07, 6.45) is 0. The highest BCUT2D eigenvalue weighted by molar-refractivity contribution is 7.36. The first kappa shape index (κ1) is 14.7. The molecule has 0 saturated carbocycles. The summed E-state index contributed by atoms with van der Waals surface area (Å²) >= 11 is 0. The molecule has 1 aromatic carbocycles. The lowest BCUT2D eigenvalue weighted by Crippen LogP contribution is -2.59. The van der Waals surface area contributed by atoms with Crippen LogP contribution in [0.25, 0.3) is 0 Å². The molecule has 2 nitrogen and oxygen atoms in total. The third kappa shape index (κ3) is 2.55. The smallest absolute Gasteiger partial charge is 0.470 e. The van der Waals surface area contributed by atoms with Crippen molar-refractivity contribution in [2.24, 2.45) is 0 Å². The number of hydrogen-bond acceptors (Lipinski definition) is 0. The Kier molecular flexibility index (Phi) is 4.73. The molecule has 0 saturated heterocycles. The minimum atomic E-state index is -1.17. The summed E-state index contributed by atoms with van der Waals surface area (Å²) in [7, 11) is 23.1. The van der Waals surface area contributed by atoms with E-state index in [1.54, 1.807) is 13.8 Å². The number of hydrogen-bond donors (Lipinski definition) is 0. The first-order chi connectivity index (χ1) is 7.82. The van der Waals surface area contributed by atoms with Crippen molar-refractivity contribution in [1.29, 1.82) is 0 Å². The van der Waals surface area contributed by atoms with Crippen molar-refractivity contribution >= 4 is 73.7 Å². The van der Waals surface area contributed by atoms with Crippen LogP contribution < -0.4 is 21.9 Å². The van der Waals surface area contributed by atoms with Crippen molar-refractivity contribution in [3.05, 3.63) is 11.1 Å². The Hall–Kier alpha value is -0.405. The molecule has 1 aromatic rings. The summed E-state index contributed by atoms with van der Waals surface area (Å²) in [5.74, 6) is 0. The predicted molar refractivity (Wildman–Crippen MR) is 82.0 cm³/mol. The molecular formula is C8H10B7O2+2. The Morgan fingerprint density at radius 3 is 1.94 bits per heavy atom. The van der Waals surface area contributed by atoms with Crippen molar-refractivity contribution in [3.63, 3.8) is 0 Å². The standard InChI is InChI=1S/C8H8B7O2/c1-3-5(9)6(13-10)4(2)7(14(11)12)8(3)15(16)17/h16-17H,1-2H3/p+2. The molecule has 1 rings (SSSR count). The number of benzene rings is 1. The van der Waals surface area contributed by atoms with Crippen molar-refractivity contribution < 1.29 is 10.0 Å². The molecule has 0 heterocycles. The van der Waals surface area contributed by atoms with E-state index in [2.05, 4.69) is 0 Å². The predicted octanol–water partition coefficient (Wildman–Crippen LogP) is -5.31. The lowest BCUT2D eigenvalue weighted by atomic mass is 9.15. The lowest BCUT2D eigenvalue weighted by Gasteiger charge is -2.21. The third-order valence-corrected chi connectivity index (χ3v) is 2.99. The van der Waals surface area contributed by atoms with Crippen LogP contribution in [0.3, 0.4) is 0 Å². The minimum absolute atomic E-state index is 0.473. The maximum Gasteiger partial charge on any atom is 0.947 e. The van der Waals surface area contributed by atoms with Crippen LogP contribution in [0.4, 0.5) is 0 Å². The van der Waals surface area contributed by atoms with Gasteiger partial charge >= 0.3 is 7.12 Å². The van der Waals surface area contributed by atoms with Gasteiger partial charge < -0.3 is 10.0 Å². The van der Waals surface area contributed by atoms with Crippen LogP contribution in [-0.4, -0.2) is 61.9 Å². The van der Waals surface area contributed by atoms with Gasteiger partial charge in [-0.25, -0.2) is 0 Å². The quantitative estimate of drug-likeness (QED) is 0.356. The van der Waals surface area contributed by atoms with Gasteiger partial charge in [-0.3, -0.25) is 0 Å². The van der Waals surface area contributed by atoms with Gasteiger partial charge in [0.25, 0.3) is 0 Å². The molecule has 0 aliphatic rings. The van der Waals surface area contributed by atoms with E-state index in [9.17, 15) is 0 Å². The van der Waals surface area contributed by atoms with Crippen molar-refractivity contribution in [3.8, 4) is 0 Å². The van der Waals surface area contributed by atoms with Crippen LogP contribution in [0.2, 0.25) is 0 Å². The van der Waals surface area contributed by atoms with Gasteiger partial charge in [-0.05, 0) is 19.4 Å². The van der Waals surface area contributed by atoms with Gasteiger partial charge in [0.1, 0.15) is 13.3 Å². The van der Waals surface area contributed by atoms with E-state index in [0.29, 0.717) is 27.4 Å². The van der Waals surface area contributed by atoms with Gasteiger partial charge in [0.15, 0.2) is 0 Å². The molecule has 17 heavy (non-hydrogen) atoms. The summed E-state index contributed by atoms with van der Waals surface area (Å²) in [6, 6.07) is 0. The molecule has 0 fully saturated rings. The second kappa shape index (κ2) is 5.49. The molecule has 0 unspecified atom stereocenters. The average molecular weight is 214 g/mol. The van der Waals surface area contributed by atoms with Crippen molar-refractivity contribution in [2.45, 2.75) is 13.8 Å². The first-order valence-electron chi connectivity index (χ1n) is 5.23. The highest BCUT2D eigenvalue weighted by Crippen LogP contribution is 1.94.